The number of rotatable bonds is 4. The molecule has 4 heteroatoms. The van der Waals surface area contributed by atoms with Crippen LogP contribution in [0.1, 0.15) is 43.2 Å². The fraction of sp³-hybridized carbons (Fsp3) is 0.417. The molecule has 3 aliphatic rings. The Morgan fingerprint density at radius 3 is 1.79 bits per heavy atom. The second-order valence-electron chi connectivity index (χ2n) is 8.58. The highest BCUT2D eigenvalue weighted by Crippen LogP contribution is 2.59. The van der Waals surface area contributed by atoms with Crippen molar-refractivity contribution in [1.82, 2.24) is 10.9 Å². The SMILES string of the molecule is O=C(NNC(=O)[C@@H]1CC1(c1ccccc1)c1ccccc1)C1[C@@H]2CCCC[C@@H]12. The van der Waals surface area contributed by atoms with Gasteiger partial charge in [0.15, 0.2) is 0 Å². The third-order valence-corrected chi connectivity index (χ3v) is 7.12. The van der Waals surface area contributed by atoms with Gasteiger partial charge in [-0.3, -0.25) is 20.4 Å². The molecule has 2 aromatic carbocycles. The third kappa shape index (κ3) is 2.83. The maximum atomic E-state index is 12.9. The van der Waals surface area contributed by atoms with E-state index in [-0.39, 0.29) is 29.1 Å². The molecule has 2 aromatic rings. The van der Waals surface area contributed by atoms with Crippen molar-refractivity contribution in [3.05, 3.63) is 71.8 Å². The summed E-state index contributed by atoms with van der Waals surface area (Å²) in [5, 5.41) is 0. The number of hydrazine groups is 1. The third-order valence-electron chi connectivity index (χ3n) is 7.12. The van der Waals surface area contributed by atoms with Gasteiger partial charge in [-0.2, -0.15) is 0 Å². The first-order valence-corrected chi connectivity index (χ1v) is 10.4. The summed E-state index contributed by atoms with van der Waals surface area (Å²) >= 11 is 0. The minimum Gasteiger partial charge on any atom is -0.273 e. The van der Waals surface area contributed by atoms with Crippen molar-refractivity contribution < 1.29 is 9.59 Å². The van der Waals surface area contributed by atoms with Gasteiger partial charge in [0.1, 0.15) is 0 Å². The van der Waals surface area contributed by atoms with Crippen molar-refractivity contribution in [3.63, 3.8) is 0 Å². The van der Waals surface area contributed by atoms with Crippen LogP contribution in [-0.2, 0) is 15.0 Å². The summed E-state index contributed by atoms with van der Waals surface area (Å²) in [6, 6.07) is 20.4. The molecule has 0 saturated heterocycles. The summed E-state index contributed by atoms with van der Waals surface area (Å²) in [6.07, 6.45) is 5.54. The van der Waals surface area contributed by atoms with Crippen molar-refractivity contribution in [3.8, 4) is 0 Å². The average Bonchev–Trinajstić information content (AvgIpc) is 3.66. The highest BCUT2D eigenvalue weighted by molar-refractivity contribution is 5.89. The second kappa shape index (κ2) is 6.77. The van der Waals surface area contributed by atoms with Gasteiger partial charge in [0.25, 0.3) is 0 Å². The molecule has 5 rings (SSSR count). The molecule has 0 unspecified atom stereocenters. The molecule has 4 nitrogen and oxygen atoms in total. The van der Waals surface area contributed by atoms with E-state index in [1.807, 2.05) is 36.4 Å². The van der Waals surface area contributed by atoms with Crippen molar-refractivity contribution in [2.45, 2.75) is 37.5 Å². The maximum Gasteiger partial charge on any atom is 0.242 e. The number of carbonyl (C=O) groups is 2. The first-order chi connectivity index (χ1) is 13.7. The molecule has 0 heterocycles. The summed E-state index contributed by atoms with van der Waals surface area (Å²) in [5.74, 6) is 0.924. The van der Waals surface area contributed by atoms with Gasteiger partial charge in [-0.15, -0.1) is 0 Å². The van der Waals surface area contributed by atoms with E-state index in [4.69, 9.17) is 0 Å². The van der Waals surface area contributed by atoms with E-state index >= 15 is 0 Å². The van der Waals surface area contributed by atoms with E-state index in [1.54, 1.807) is 0 Å². The molecule has 144 valence electrons. The van der Waals surface area contributed by atoms with E-state index in [0.717, 1.165) is 30.4 Å². The largest absolute Gasteiger partial charge is 0.273 e. The van der Waals surface area contributed by atoms with Gasteiger partial charge < -0.3 is 0 Å². The molecule has 0 aliphatic heterocycles. The summed E-state index contributed by atoms with van der Waals surface area (Å²) in [4.78, 5) is 25.4. The van der Waals surface area contributed by atoms with Gasteiger partial charge in [0.2, 0.25) is 11.8 Å². The van der Waals surface area contributed by atoms with Crippen molar-refractivity contribution in [1.29, 1.82) is 0 Å². The Bertz CT molecular complexity index is 828. The smallest absolute Gasteiger partial charge is 0.242 e. The monoisotopic (exact) mass is 374 g/mol. The fourth-order valence-electron chi connectivity index (χ4n) is 5.53. The zero-order valence-electron chi connectivity index (χ0n) is 15.9. The molecule has 2 amide bonds. The molecule has 3 fully saturated rings. The zero-order valence-corrected chi connectivity index (χ0v) is 15.9. The van der Waals surface area contributed by atoms with Crippen LogP contribution in [0.5, 0.6) is 0 Å². The van der Waals surface area contributed by atoms with Crippen LogP contribution in [0.4, 0.5) is 0 Å². The van der Waals surface area contributed by atoms with Crippen LogP contribution < -0.4 is 10.9 Å². The topological polar surface area (TPSA) is 58.2 Å². The number of amides is 2. The normalized spacial score (nSPS) is 29.3. The molecule has 3 saturated carbocycles. The van der Waals surface area contributed by atoms with Gasteiger partial charge in [-0.05, 0) is 42.2 Å². The van der Waals surface area contributed by atoms with Crippen LogP contribution in [0.25, 0.3) is 0 Å². The number of hydrogen-bond donors (Lipinski definition) is 2. The molecule has 0 radical (unpaired) electrons. The number of benzene rings is 2. The van der Waals surface area contributed by atoms with E-state index in [2.05, 4.69) is 35.1 Å². The maximum absolute atomic E-state index is 12.9. The first kappa shape index (κ1) is 17.5. The molecule has 3 atom stereocenters. The summed E-state index contributed by atoms with van der Waals surface area (Å²) < 4.78 is 0. The van der Waals surface area contributed by atoms with Crippen LogP contribution in [0.15, 0.2) is 60.7 Å². The Balaban J connectivity index is 1.28. The quantitative estimate of drug-likeness (QED) is 0.804. The summed E-state index contributed by atoms with van der Waals surface area (Å²) in [5.41, 5.74) is 7.46. The Morgan fingerprint density at radius 2 is 1.25 bits per heavy atom. The van der Waals surface area contributed by atoms with Gasteiger partial charge in [0.05, 0.1) is 5.92 Å². The van der Waals surface area contributed by atoms with Crippen LogP contribution >= 0.6 is 0 Å². The highest BCUT2D eigenvalue weighted by Gasteiger charge is 2.60. The molecule has 2 N–H and O–H groups in total. The first-order valence-electron chi connectivity index (χ1n) is 10.4. The number of nitrogens with one attached hydrogen (secondary N) is 2. The summed E-state index contributed by atoms with van der Waals surface area (Å²) in [6.45, 7) is 0. The van der Waals surface area contributed by atoms with Crippen LogP contribution in [-0.4, -0.2) is 11.8 Å². The van der Waals surface area contributed by atoms with Crippen molar-refractivity contribution >= 4 is 11.8 Å². The van der Waals surface area contributed by atoms with E-state index in [0.29, 0.717) is 11.8 Å². The van der Waals surface area contributed by atoms with E-state index in [9.17, 15) is 9.59 Å². The lowest BCUT2D eigenvalue weighted by Crippen LogP contribution is -2.44. The van der Waals surface area contributed by atoms with E-state index in [1.165, 1.54) is 12.8 Å². The summed E-state index contributed by atoms with van der Waals surface area (Å²) in [7, 11) is 0. The van der Waals surface area contributed by atoms with E-state index < -0.39 is 0 Å². The van der Waals surface area contributed by atoms with Crippen molar-refractivity contribution in [2.75, 3.05) is 0 Å². The predicted octanol–water partition coefficient (Wildman–Crippen LogP) is 3.58. The average molecular weight is 374 g/mol. The van der Waals surface area contributed by atoms with Crippen LogP contribution in [0.2, 0.25) is 0 Å². The highest BCUT2D eigenvalue weighted by atomic mass is 16.2. The molecule has 0 bridgehead atoms. The van der Waals surface area contributed by atoms with Gasteiger partial charge >= 0.3 is 0 Å². The molecule has 3 aliphatic carbocycles. The molecule has 0 spiro atoms. The number of hydrogen-bond acceptors (Lipinski definition) is 2. The number of fused-ring (bicyclic) bond motifs is 1. The lowest BCUT2D eigenvalue weighted by Gasteiger charge is -2.19. The van der Waals surface area contributed by atoms with Crippen LogP contribution in [0, 0.1) is 23.7 Å². The number of carbonyl (C=O) groups excluding carboxylic acids is 2. The lowest BCUT2D eigenvalue weighted by molar-refractivity contribution is -0.130. The molecule has 0 aromatic heterocycles. The molecular formula is C24H26N2O2. The lowest BCUT2D eigenvalue weighted by atomic mass is 9.85. The predicted molar refractivity (Wildman–Crippen MR) is 107 cm³/mol. The minimum atomic E-state index is -0.301. The van der Waals surface area contributed by atoms with Crippen LogP contribution in [0.3, 0.4) is 0 Å². The van der Waals surface area contributed by atoms with Gasteiger partial charge in [-0.1, -0.05) is 73.5 Å². The molecular weight excluding hydrogens is 348 g/mol. The molecule has 28 heavy (non-hydrogen) atoms. The second-order valence-corrected chi connectivity index (χ2v) is 8.58. The Hall–Kier alpha value is -2.62. The Morgan fingerprint density at radius 1 is 0.750 bits per heavy atom. The Labute approximate surface area is 165 Å². The van der Waals surface area contributed by atoms with Crippen molar-refractivity contribution in [2.24, 2.45) is 23.7 Å². The van der Waals surface area contributed by atoms with Gasteiger partial charge in [0, 0.05) is 11.3 Å². The fourth-order valence-corrected chi connectivity index (χ4v) is 5.53. The Kier molecular flexibility index (Phi) is 4.22. The minimum absolute atomic E-state index is 0.00378. The standard InChI is InChI=1S/C24H26N2O2/c27-22(25-26-23(28)21-18-13-7-8-14-19(18)21)20-15-24(20,16-9-3-1-4-10-16)17-11-5-2-6-12-17/h1-6,9-12,18-21H,7-8,13-15H2,(H,25,27)(H,26,28)/t18-,19-,20+/m1/s1. The van der Waals surface area contributed by atoms with Gasteiger partial charge in [-0.25, -0.2) is 0 Å². The zero-order chi connectivity index (χ0) is 19.1.